The Balaban J connectivity index is 2.42. The smallest absolute Gasteiger partial charge is 0.123 e. The summed E-state index contributed by atoms with van der Waals surface area (Å²) in [4.78, 5) is 0. The number of hydrogen-bond acceptors (Lipinski definition) is 3. The van der Waals surface area contributed by atoms with Gasteiger partial charge in [-0.2, -0.15) is 0 Å². The lowest BCUT2D eigenvalue weighted by Gasteiger charge is -2.20. The number of aromatic hydroxyl groups is 2. The van der Waals surface area contributed by atoms with Gasteiger partial charge in [-0.25, -0.2) is 0 Å². The first kappa shape index (κ1) is 14.2. The Kier molecular flexibility index (Phi) is 4.11. The van der Waals surface area contributed by atoms with E-state index < -0.39 is 0 Å². The van der Waals surface area contributed by atoms with E-state index in [-0.39, 0.29) is 17.6 Å². The van der Waals surface area contributed by atoms with E-state index >= 15 is 0 Å². The Morgan fingerprint density at radius 2 is 1.75 bits per heavy atom. The Bertz CT molecular complexity index is 618. The lowest BCUT2D eigenvalue weighted by Crippen LogP contribution is -2.04. The largest absolute Gasteiger partial charge is 0.508 e. The fourth-order valence-corrected chi connectivity index (χ4v) is 2.19. The summed E-state index contributed by atoms with van der Waals surface area (Å²) < 4.78 is 5.49. The summed E-state index contributed by atoms with van der Waals surface area (Å²) in [6.07, 6.45) is -0.371. The summed E-state index contributed by atoms with van der Waals surface area (Å²) in [7, 11) is 1.59. The van der Waals surface area contributed by atoms with E-state index in [1.807, 2.05) is 30.3 Å². The van der Waals surface area contributed by atoms with Gasteiger partial charge in [0.05, 0.1) is 0 Å². The molecule has 0 amide bonds. The molecule has 0 aliphatic heterocycles. The van der Waals surface area contributed by atoms with Crippen molar-refractivity contribution in [1.82, 2.24) is 0 Å². The van der Waals surface area contributed by atoms with E-state index in [0.717, 1.165) is 5.56 Å². The molecule has 0 aliphatic rings. The highest BCUT2D eigenvalue weighted by molar-refractivity contribution is 5.74. The van der Waals surface area contributed by atoms with Gasteiger partial charge < -0.3 is 14.9 Å². The highest BCUT2D eigenvalue weighted by atomic mass is 16.5. The van der Waals surface area contributed by atoms with Crippen LogP contribution in [0.2, 0.25) is 0 Å². The first-order valence-electron chi connectivity index (χ1n) is 6.34. The highest BCUT2D eigenvalue weighted by Crippen LogP contribution is 2.38. The molecule has 3 heteroatoms. The van der Waals surface area contributed by atoms with Crippen LogP contribution in [0, 0.1) is 6.92 Å². The minimum Gasteiger partial charge on any atom is -0.508 e. The molecule has 0 saturated heterocycles. The quantitative estimate of drug-likeness (QED) is 0.831. The molecule has 0 fully saturated rings. The van der Waals surface area contributed by atoms with Crippen molar-refractivity contribution >= 4 is 5.57 Å². The van der Waals surface area contributed by atoms with Crippen LogP contribution in [-0.2, 0) is 4.74 Å². The maximum atomic E-state index is 10.1. The monoisotopic (exact) mass is 270 g/mol. The van der Waals surface area contributed by atoms with Gasteiger partial charge in [-0.05, 0) is 35.8 Å². The Labute approximate surface area is 118 Å². The van der Waals surface area contributed by atoms with Crippen molar-refractivity contribution in [1.29, 1.82) is 0 Å². The van der Waals surface area contributed by atoms with Crippen LogP contribution in [0.15, 0.2) is 49.0 Å². The number of phenols is 2. The van der Waals surface area contributed by atoms with Gasteiger partial charge in [-0.15, -0.1) is 0 Å². The molecule has 0 radical (unpaired) electrons. The normalized spacial score (nSPS) is 12.1. The third kappa shape index (κ3) is 2.68. The van der Waals surface area contributed by atoms with Crippen LogP contribution >= 0.6 is 0 Å². The average molecular weight is 270 g/mol. The maximum Gasteiger partial charge on any atom is 0.123 e. The number of rotatable bonds is 4. The molecule has 2 rings (SSSR count). The first-order chi connectivity index (χ1) is 9.54. The number of benzene rings is 2. The molecular weight excluding hydrogens is 252 g/mol. The number of hydrogen-bond donors (Lipinski definition) is 2. The lowest BCUT2D eigenvalue weighted by molar-refractivity contribution is 0.150. The van der Waals surface area contributed by atoms with E-state index in [0.29, 0.717) is 16.7 Å². The SMILES string of the molecule is C=C(c1cc(O)c(C)cc1O)C(OC)c1ccccc1. The first-order valence-corrected chi connectivity index (χ1v) is 6.34. The third-order valence-corrected chi connectivity index (χ3v) is 3.31. The fraction of sp³-hybridized carbons (Fsp3) is 0.176. The van der Waals surface area contributed by atoms with Gasteiger partial charge >= 0.3 is 0 Å². The molecule has 0 aromatic heterocycles. The molecule has 2 aromatic rings. The number of methoxy groups -OCH3 is 1. The van der Waals surface area contributed by atoms with Gasteiger partial charge in [-0.1, -0.05) is 36.9 Å². The summed E-state index contributed by atoms with van der Waals surface area (Å²) in [5.41, 5.74) is 2.66. The second-order valence-electron chi connectivity index (χ2n) is 4.71. The lowest BCUT2D eigenvalue weighted by atomic mass is 9.94. The van der Waals surface area contributed by atoms with Crippen LogP contribution in [0.4, 0.5) is 0 Å². The van der Waals surface area contributed by atoms with Gasteiger partial charge in [0.25, 0.3) is 0 Å². The van der Waals surface area contributed by atoms with Crippen molar-refractivity contribution in [3.05, 3.63) is 65.7 Å². The zero-order valence-corrected chi connectivity index (χ0v) is 11.6. The molecule has 1 atom stereocenters. The van der Waals surface area contributed by atoms with Crippen molar-refractivity contribution in [2.24, 2.45) is 0 Å². The zero-order valence-electron chi connectivity index (χ0n) is 11.6. The second kappa shape index (κ2) is 5.80. The van der Waals surface area contributed by atoms with Crippen molar-refractivity contribution in [3.8, 4) is 11.5 Å². The minimum absolute atomic E-state index is 0.0864. The molecule has 2 N–H and O–H groups in total. The molecule has 1 unspecified atom stereocenters. The van der Waals surface area contributed by atoms with Crippen LogP contribution in [0.1, 0.15) is 22.8 Å². The van der Waals surface area contributed by atoms with Crippen molar-refractivity contribution in [2.75, 3.05) is 7.11 Å². The number of ether oxygens (including phenoxy) is 1. The second-order valence-corrected chi connectivity index (χ2v) is 4.71. The summed E-state index contributed by atoms with van der Waals surface area (Å²) in [5.74, 6) is 0.213. The minimum atomic E-state index is -0.371. The van der Waals surface area contributed by atoms with Crippen LogP contribution in [-0.4, -0.2) is 17.3 Å². The van der Waals surface area contributed by atoms with Crippen molar-refractivity contribution in [3.63, 3.8) is 0 Å². The topological polar surface area (TPSA) is 49.7 Å². The standard InChI is InChI=1S/C17H18O3/c1-11-9-16(19)14(10-15(11)18)12(2)17(20-3)13-7-5-4-6-8-13/h4-10,17-19H,2H2,1,3H3. The summed E-state index contributed by atoms with van der Waals surface area (Å²) in [6, 6.07) is 12.7. The molecule has 104 valence electrons. The Morgan fingerprint density at radius 1 is 1.10 bits per heavy atom. The number of aryl methyl sites for hydroxylation is 1. The van der Waals surface area contributed by atoms with E-state index in [9.17, 15) is 10.2 Å². The van der Waals surface area contributed by atoms with Crippen molar-refractivity contribution in [2.45, 2.75) is 13.0 Å². The Morgan fingerprint density at radius 3 is 2.35 bits per heavy atom. The molecule has 2 aromatic carbocycles. The molecule has 0 aliphatic carbocycles. The van der Waals surface area contributed by atoms with Crippen LogP contribution in [0.5, 0.6) is 11.5 Å². The van der Waals surface area contributed by atoms with Crippen LogP contribution < -0.4 is 0 Å². The van der Waals surface area contributed by atoms with Gasteiger partial charge in [0.2, 0.25) is 0 Å². The summed E-state index contributed by atoms with van der Waals surface area (Å²) >= 11 is 0. The molecule has 0 saturated carbocycles. The van der Waals surface area contributed by atoms with Crippen LogP contribution in [0.25, 0.3) is 5.57 Å². The molecule has 0 spiro atoms. The molecular formula is C17H18O3. The average Bonchev–Trinajstić information content (AvgIpc) is 2.44. The van der Waals surface area contributed by atoms with Crippen LogP contribution in [0.3, 0.4) is 0 Å². The van der Waals surface area contributed by atoms with E-state index in [4.69, 9.17) is 4.74 Å². The predicted octanol–water partition coefficient (Wildman–Crippen LogP) is 3.81. The van der Waals surface area contributed by atoms with Gasteiger partial charge in [0.1, 0.15) is 17.6 Å². The van der Waals surface area contributed by atoms with Gasteiger partial charge in [-0.3, -0.25) is 0 Å². The van der Waals surface area contributed by atoms with E-state index in [1.165, 1.54) is 12.1 Å². The fourth-order valence-electron chi connectivity index (χ4n) is 2.19. The van der Waals surface area contributed by atoms with E-state index in [1.54, 1.807) is 14.0 Å². The predicted molar refractivity (Wildman–Crippen MR) is 79.7 cm³/mol. The van der Waals surface area contributed by atoms with Gasteiger partial charge in [0.15, 0.2) is 0 Å². The zero-order chi connectivity index (χ0) is 14.7. The molecule has 0 heterocycles. The summed E-state index contributed by atoms with van der Waals surface area (Å²) in [5, 5.41) is 19.9. The molecule has 0 bridgehead atoms. The maximum absolute atomic E-state index is 10.1. The Hall–Kier alpha value is -2.26. The van der Waals surface area contributed by atoms with Crippen molar-refractivity contribution < 1.29 is 14.9 Å². The molecule has 20 heavy (non-hydrogen) atoms. The van der Waals surface area contributed by atoms with E-state index in [2.05, 4.69) is 6.58 Å². The molecule has 3 nitrogen and oxygen atoms in total. The summed E-state index contributed by atoms with van der Waals surface area (Å²) in [6.45, 7) is 5.74. The third-order valence-electron chi connectivity index (χ3n) is 3.31. The highest BCUT2D eigenvalue weighted by Gasteiger charge is 2.19. The number of phenolic OH excluding ortho intramolecular Hbond substituents is 2. The van der Waals surface area contributed by atoms with Gasteiger partial charge in [0, 0.05) is 12.7 Å².